The van der Waals surface area contributed by atoms with Crippen LogP contribution in [0.25, 0.3) is 0 Å². The lowest BCUT2D eigenvalue weighted by molar-refractivity contribution is -0.183. The molecule has 6 nitrogen and oxygen atoms in total. The van der Waals surface area contributed by atoms with Crippen LogP contribution >= 0.6 is 0 Å². The number of rotatable bonds is 5. The van der Waals surface area contributed by atoms with Crippen LogP contribution in [0.1, 0.15) is 56.5 Å². The molecule has 1 N–H and O–H groups in total. The van der Waals surface area contributed by atoms with Gasteiger partial charge in [-0.3, -0.25) is 4.79 Å². The molecule has 0 unspecified atom stereocenters. The minimum Gasteiger partial charge on any atom is -0.356 e. The van der Waals surface area contributed by atoms with Gasteiger partial charge >= 0.3 is 0 Å². The Hall–Kier alpha value is -1.40. The molecule has 1 aromatic heterocycles. The normalized spacial score (nSPS) is 22.9. The van der Waals surface area contributed by atoms with E-state index < -0.39 is 0 Å². The van der Waals surface area contributed by atoms with E-state index in [-0.39, 0.29) is 11.7 Å². The fourth-order valence-corrected chi connectivity index (χ4v) is 4.36. The lowest BCUT2D eigenvalue weighted by Gasteiger charge is -2.35. The smallest absolute Gasteiger partial charge is 0.220 e. The molecule has 0 aromatic carbocycles. The lowest BCUT2D eigenvalue weighted by atomic mass is 9.83. The quantitative estimate of drug-likeness (QED) is 0.887. The van der Waals surface area contributed by atoms with Crippen molar-refractivity contribution in [1.82, 2.24) is 14.9 Å². The number of carbonyl (C=O) groups excluding carboxylic acids is 1. The largest absolute Gasteiger partial charge is 0.356 e. The maximum atomic E-state index is 12.2. The van der Waals surface area contributed by atoms with E-state index in [9.17, 15) is 4.79 Å². The Morgan fingerprint density at radius 2 is 2.08 bits per heavy atom. The Balaban J connectivity index is 1.16. The van der Waals surface area contributed by atoms with Gasteiger partial charge in [0.25, 0.3) is 0 Å². The molecule has 0 bridgehead atoms. The second kappa shape index (κ2) is 7.46. The van der Waals surface area contributed by atoms with Gasteiger partial charge in [0.2, 0.25) is 5.91 Å². The number of amides is 1. The minimum atomic E-state index is -0.326. The van der Waals surface area contributed by atoms with Crippen molar-refractivity contribution in [3.05, 3.63) is 17.7 Å². The minimum absolute atomic E-state index is 0.165. The Morgan fingerprint density at radius 1 is 1.28 bits per heavy atom. The maximum Gasteiger partial charge on any atom is 0.220 e. The third-order valence-corrected chi connectivity index (χ3v) is 5.82. The first kappa shape index (κ1) is 17.0. The fraction of sp³-hybridized carbons (Fsp3) is 0.789. The highest BCUT2D eigenvalue weighted by molar-refractivity contribution is 5.76. The van der Waals surface area contributed by atoms with E-state index in [1.807, 2.05) is 0 Å². The first-order chi connectivity index (χ1) is 12.2. The summed E-state index contributed by atoms with van der Waals surface area (Å²) in [5.74, 6) is 1.50. The number of aryl methyl sites for hydroxylation is 2. The Kier molecular flexibility index (Phi) is 5.08. The maximum absolute atomic E-state index is 12.2. The van der Waals surface area contributed by atoms with Crippen LogP contribution in [0.15, 0.2) is 6.20 Å². The average Bonchev–Trinajstić information content (AvgIpc) is 3.24. The van der Waals surface area contributed by atoms with Crippen molar-refractivity contribution in [2.45, 2.75) is 70.1 Å². The molecule has 1 saturated carbocycles. The van der Waals surface area contributed by atoms with E-state index in [2.05, 4.69) is 21.1 Å². The predicted octanol–water partition coefficient (Wildman–Crippen LogP) is 2.20. The second-order valence-electron chi connectivity index (χ2n) is 7.65. The Morgan fingerprint density at radius 3 is 2.84 bits per heavy atom. The van der Waals surface area contributed by atoms with Crippen LogP contribution in [0.3, 0.4) is 0 Å². The SMILES string of the molecule is O=C(CC1CCC2(CC1)OCCO2)NCCc1cn2c(n1)CCCC2. The molecule has 3 aliphatic rings. The number of ether oxygens (including phenoxy) is 2. The van der Waals surface area contributed by atoms with Crippen molar-refractivity contribution in [3.8, 4) is 0 Å². The Bertz CT molecular complexity index is 574. The van der Waals surface area contributed by atoms with Crippen molar-refractivity contribution in [3.63, 3.8) is 0 Å². The summed E-state index contributed by atoms with van der Waals surface area (Å²) in [5, 5.41) is 3.07. The van der Waals surface area contributed by atoms with Crippen molar-refractivity contribution in [2.75, 3.05) is 19.8 Å². The molecule has 1 aromatic rings. The summed E-state index contributed by atoms with van der Waals surface area (Å²) >= 11 is 0. The third kappa shape index (κ3) is 4.06. The van der Waals surface area contributed by atoms with Gasteiger partial charge < -0.3 is 19.4 Å². The van der Waals surface area contributed by atoms with E-state index in [4.69, 9.17) is 9.47 Å². The van der Waals surface area contributed by atoms with E-state index in [1.54, 1.807) is 0 Å². The van der Waals surface area contributed by atoms with E-state index in [0.29, 0.717) is 32.1 Å². The zero-order valence-corrected chi connectivity index (χ0v) is 15.0. The lowest BCUT2D eigenvalue weighted by Crippen LogP contribution is -2.36. The van der Waals surface area contributed by atoms with E-state index >= 15 is 0 Å². The van der Waals surface area contributed by atoms with Gasteiger partial charge in [-0.05, 0) is 31.6 Å². The van der Waals surface area contributed by atoms with Gasteiger partial charge in [-0.15, -0.1) is 0 Å². The molecular weight excluding hydrogens is 318 g/mol. The molecule has 2 fully saturated rings. The summed E-state index contributed by atoms with van der Waals surface area (Å²) in [6.07, 6.45) is 11.0. The molecule has 0 atom stereocenters. The van der Waals surface area contributed by atoms with Crippen LogP contribution in [0, 0.1) is 5.92 Å². The number of aromatic nitrogens is 2. The molecule has 0 radical (unpaired) electrons. The molecule has 1 amide bonds. The summed E-state index contributed by atoms with van der Waals surface area (Å²) in [6, 6.07) is 0. The first-order valence-corrected chi connectivity index (χ1v) is 9.82. The topological polar surface area (TPSA) is 65.4 Å². The summed E-state index contributed by atoms with van der Waals surface area (Å²) in [4.78, 5) is 16.9. The van der Waals surface area contributed by atoms with Gasteiger partial charge in [-0.25, -0.2) is 4.98 Å². The summed E-state index contributed by atoms with van der Waals surface area (Å²) < 4.78 is 13.8. The summed E-state index contributed by atoms with van der Waals surface area (Å²) in [7, 11) is 0. The molecule has 6 heteroatoms. The van der Waals surface area contributed by atoms with E-state index in [0.717, 1.165) is 50.8 Å². The molecule has 4 rings (SSSR count). The van der Waals surface area contributed by atoms with Crippen LogP contribution in [0.4, 0.5) is 0 Å². The van der Waals surface area contributed by atoms with Crippen molar-refractivity contribution in [1.29, 1.82) is 0 Å². The standard InChI is InChI=1S/C19H29N3O3/c23-18(13-15-4-7-19(8-5-15)24-11-12-25-19)20-9-6-16-14-22-10-2-1-3-17(22)21-16/h14-15H,1-13H2,(H,20,23). The molecule has 1 aliphatic carbocycles. The number of nitrogens with one attached hydrogen (secondary N) is 1. The molecule has 1 spiro atoms. The van der Waals surface area contributed by atoms with Crippen LogP contribution < -0.4 is 5.32 Å². The molecular formula is C19H29N3O3. The van der Waals surface area contributed by atoms with Gasteiger partial charge in [0, 0.05) is 51.4 Å². The summed E-state index contributed by atoms with van der Waals surface area (Å²) in [5.41, 5.74) is 1.10. The number of hydrogen-bond acceptors (Lipinski definition) is 4. The second-order valence-corrected chi connectivity index (χ2v) is 7.65. The fourth-order valence-electron chi connectivity index (χ4n) is 4.36. The highest BCUT2D eigenvalue weighted by atomic mass is 16.7. The van der Waals surface area contributed by atoms with Gasteiger partial charge in [0.05, 0.1) is 18.9 Å². The molecule has 25 heavy (non-hydrogen) atoms. The zero-order valence-electron chi connectivity index (χ0n) is 15.0. The first-order valence-electron chi connectivity index (χ1n) is 9.82. The molecule has 2 aliphatic heterocycles. The average molecular weight is 347 g/mol. The zero-order chi connectivity index (χ0) is 17.1. The number of imidazole rings is 1. The van der Waals surface area contributed by atoms with Crippen LogP contribution in [0.2, 0.25) is 0 Å². The van der Waals surface area contributed by atoms with Gasteiger partial charge in [0.1, 0.15) is 5.82 Å². The van der Waals surface area contributed by atoms with Crippen LogP contribution in [0.5, 0.6) is 0 Å². The Labute approximate surface area is 149 Å². The van der Waals surface area contributed by atoms with Gasteiger partial charge in [-0.2, -0.15) is 0 Å². The van der Waals surface area contributed by atoms with Crippen molar-refractivity contribution in [2.24, 2.45) is 5.92 Å². The molecule has 3 heterocycles. The van der Waals surface area contributed by atoms with Crippen LogP contribution in [-0.4, -0.2) is 41.0 Å². The van der Waals surface area contributed by atoms with Crippen molar-refractivity contribution < 1.29 is 14.3 Å². The highest BCUT2D eigenvalue weighted by Crippen LogP contribution is 2.39. The number of nitrogens with zero attached hydrogens (tertiary/aromatic N) is 2. The molecule has 138 valence electrons. The number of fused-ring (bicyclic) bond motifs is 1. The monoisotopic (exact) mass is 347 g/mol. The highest BCUT2D eigenvalue weighted by Gasteiger charge is 2.40. The summed E-state index contributed by atoms with van der Waals surface area (Å²) in [6.45, 7) is 3.19. The van der Waals surface area contributed by atoms with Crippen LogP contribution in [-0.2, 0) is 33.7 Å². The number of carbonyl (C=O) groups is 1. The van der Waals surface area contributed by atoms with E-state index in [1.165, 1.54) is 18.7 Å². The van der Waals surface area contributed by atoms with Gasteiger partial charge in [-0.1, -0.05) is 0 Å². The predicted molar refractivity (Wildman–Crippen MR) is 93.1 cm³/mol. The molecule has 1 saturated heterocycles. The van der Waals surface area contributed by atoms with Gasteiger partial charge in [0.15, 0.2) is 5.79 Å². The van der Waals surface area contributed by atoms with Crippen molar-refractivity contribution >= 4 is 5.91 Å². The number of hydrogen-bond donors (Lipinski definition) is 1. The third-order valence-electron chi connectivity index (χ3n) is 5.82.